The molecule has 0 saturated heterocycles. The molecule has 0 bridgehead atoms. The number of nitrogens with two attached hydrogens (primary N) is 1. The molecule has 0 saturated carbocycles. The van der Waals surface area contributed by atoms with Crippen molar-refractivity contribution in [2.24, 2.45) is 5.73 Å². The Bertz CT molecular complexity index is 115. The van der Waals surface area contributed by atoms with Gasteiger partial charge in [-0.25, -0.2) is 0 Å². The molecule has 2 nitrogen and oxygen atoms in total. The molecule has 0 heterocycles. The van der Waals surface area contributed by atoms with E-state index in [0.717, 1.165) is 6.54 Å². The molecule has 0 aromatic heterocycles. The Labute approximate surface area is 96.0 Å². The molecular weight excluding hydrogens is 184 g/mol. The molecule has 2 heteroatoms. The van der Waals surface area contributed by atoms with E-state index in [4.69, 9.17) is 5.73 Å². The van der Waals surface area contributed by atoms with Crippen LogP contribution in [0.2, 0.25) is 0 Å². The Hall–Kier alpha value is -0.0800. The third kappa shape index (κ3) is 11.8. The summed E-state index contributed by atoms with van der Waals surface area (Å²) >= 11 is 0. The second kappa shape index (κ2) is 12.0. The fraction of sp³-hybridized carbons (Fsp3) is 1.00. The predicted molar refractivity (Wildman–Crippen MR) is 69.1 cm³/mol. The summed E-state index contributed by atoms with van der Waals surface area (Å²) in [6.07, 6.45) is 10.5. The third-order valence-corrected chi connectivity index (χ3v) is 2.86. The predicted octanol–water partition coefficient (Wildman–Crippen LogP) is 3.06. The fourth-order valence-electron chi connectivity index (χ4n) is 1.76. The first-order valence-corrected chi connectivity index (χ1v) is 6.74. The summed E-state index contributed by atoms with van der Waals surface area (Å²) in [5.74, 6) is 0. The van der Waals surface area contributed by atoms with Crippen molar-refractivity contribution in [3.8, 4) is 0 Å². The quantitative estimate of drug-likeness (QED) is 0.519. The normalized spacial score (nSPS) is 13.0. The molecule has 15 heavy (non-hydrogen) atoms. The molecule has 0 aliphatic carbocycles. The van der Waals surface area contributed by atoms with Crippen molar-refractivity contribution >= 4 is 0 Å². The van der Waals surface area contributed by atoms with Crippen molar-refractivity contribution in [1.82, 2.24) is 5.32 Å². The van der Waals surface area contributed by atoms with Crippen LogP contribution in [-0.2, 0) is 0 Å². The van der Waals surface area contributed by atoms with E-state index in [1.54, 1.807) is 0 Å². The molecule has 1 atom stereocenters. The van der Waals surface area contributed by atoms with Crippen LogP contribution in [0.1, 0.15) is 65.2 Å². The molecule has 92 valence electrons. The first-order chi connectivity index (χ1) is 7.31. The summed E-state index contributed by atoms with van der Waals surface area (Å²) in [4.78, 5) is 0. The van der Waals surface area contributed by atoms with Crippen LogP contribution in [0.4, 0.5) is 0 Å². The van der Waals surface area contributed by atoms with Gasteiger partial charge in [0.25, 0.3) is 0 Å². The van der Waals surface area contributed by atoms with Crippen molar-refractivity contribution < 1.29 is 0 Å². The van der Waals surface area contributed by atoms with E-state index in [-0.39, 0.29) is 0 Å². The third-order valence-electron chi connectivity index (χ3n) is 2.86. The number of hydrogen-bond acceptors (Lipinski definition) is 2. The van der Waals surface area contributed by atoms with Gasteiger partial charge in [0, 0.05) is 6.04 Å². The average molecular weight is 214 g/mol. The fourth-order valence-corrected chi connectivity index (χ4v) is 1.76. The Morgan fingerprint density at radius 1 is 1.00 bits per heavy atom. The standard InChI is InChI=1S/C13H30N2/c1-3-4-10-13(2)15-12-9-7-5-6-8-11-14/h13,15H,3-12,14H2,1-2H3. The van der Waals surface area contributed by atoms with E-state index in [0.29, 0.717) is 6.04 Å². The van der Waals surface area contributed by atoms with E-state index in [1.165, 1.54) is 57.9 Å². The van der Waals surface area contributed by atoms with Gasteiger partial charge in [-0.15, -0.1) is 0 Å². The van der Waals surface area contributed by atoms with Crippen LogP contribution in [0.3, 0.4) is 0 Å². The molecule has 0 spiro atoms. The summed E-state index contributed by atoms with van der Waals surface area (Å²) in [6.45, 7) is 6.59. The van der Waals surface area contributed by atoms with Crippen LogP contribution in [0.5, 0.6) is 0 Å². The Morgan fingerprint density at radius 2 is 1.67 bits per heavy atom. The lowest BCUT2D eigenvalue weighted by Gasteiger charge is -2.12. The smallest absolute Gasteiger partial charge is 0.00387 e. The highest BCUT2D eigenvalue weighted by atomic mass is 14.9. The Balaban J connectivity index is 3.02. The van der Waals surface area contributed by atoms with Crippen molar-refractivity contribution in [3.63, 3.8) is 0 Å². The zero-order valence-electron chi connectivity index (χ0n) is 10.7. The second-order valence-corrected chi connectivity index (χ2v) is 4.55. The van der Waals surface area contributed by atoms with Gasteiger partial charge in [0.2, 0.25) is 0 Å². The summed E-state index contributed by atoms with van der Waals surface area (Å²) in [5.41, 5.74) is 5.44. The van der Waals surface area contributed by atoms with Crippen LogP contribution in [0.25, 0.3) is 0 Å². The van der Waals surface area contributed by atoms with Gasteiger partial charge in [0.15, 0.2) is 0 Å². The van der Waals surface area contributed by atoms with Gasteiger partial charge in [0.05, 0.1) is 0 Å². The first kappa shape index (κ1) is 14.9. The van der Waals surface area contributed by atoms with Crippen molar-refractivity contribution in [1.29, 1.82) is 0 Å². The maximum atomic E-state index is 5.44. The average Bonchev–Trinajstić information content (AvgIpc) is 2.25. The van der Waals surface area contributed by atoms with Crippen molar-refractivity contribution in [2.45, 2.75) is 71.3 Å². The van der Waals surface area contributed by atoms with Crippen LogP contribution in [-0.4, -0.2) is 19.1 Å². The molecule has 0 fully saturated rings. The molecule has 0 aliphatic heterocycles. The van der Waals surface area contributed by atoms with E-state index in [1.807, 2.05) is 0 Å². The highest BCUT2D eigenvalue weighted by molar-refractivity contribution is 4.60. The van der Waals surface area contributed by atoms with Gasteiger partial charge in [-0.05, 0) is 39.3 Å². The van der Waals surface area contributed by atoms with Gasteiger partial charge in [-0.2, -0.15) is 0 Å². The molecule has 0 aromatic rings. The summed E-state index contributed by atoms with van der Waals surface area (Å²) in [7, 11) is 0. The van der Waals surface area contributed by atoms with Crippen LogP contribution in [0.15, 0.2) is 0 Å². The SMILES string of the molecule is CCCCC(C)NCCCCCCCN. The number of unbranched alkanes of at least 4 members (excludes halogenated alkanes) is 5. The maximum absolute atomic E-state index is 5.44. The zero-order valence-corrected chi connectivity index (χ0v) is 10.7. The van der Waals surface area contributed by atoms with Gasteiger partial charge >= 0.3 is 0 Å². The van der Waals surface area contributed by atoms with E-state index in [9.17, 15) is 0 Å². The van der Waals surface area contributed by atoms with Gasteiger partial charge in [-0.3, -0.25) is 0 Å². The summed E-state index contributed by atoms with van der Waals surface area (Å²) in [5, 5.41) is 3.58. The molecule has 0 rings (SSSR count). The minimum absolute atomic E-state index is 0.703. The molecule has 0 aliphatic rings. The molecule has 0 radical (unpaired) electrons. The lowest BCUT2D eigenvalue weighted by molar-refractivity contribution is 0.478. The molecule has 0 amide bonds. The van der Waals surface area contributed by atoms with Gasteiger partial charge in [-0.1, -0.05) is 39.0 Å². The van der Waals surface area contributed by atoms with Gasteiger partial charge < -0.3 is 11.1 Å². The minimum atomic E-state index is 0.703. The highest BCUT2D eigenvalue weighted by Gasteiger charge is 1.98. The highest BCUT2D eigenvalue weighted by Crippen LogP contribution is 2.03. The van der Waals surface area contributed by atoms with E-state index >= 15 is 0 Å². The van der Waals surface area contributed by atoms with Crippen molar-refractivity contribution in [2.75, 3.05) is 13.1 Å². The first-order valence-electron chi connectivity index (χ1n) is 6.74. The van der Waals surface area contributed by atoms with Gasteiger partial charge in [0.1, 0.15) is 0 Å². The van der Waals surface area contributed by atoms with Crippen LogP contribution >= 0.6 is 0 Å². The van der Waals surface area contributed by atoms with Crippen LogP contribution in [0, 0.1) is 0 Å². The number of rotatable bonds is 11. The molecular formula is C13H30N2. The van der Waals surface area contributed by atoms with E-state index < -0.39 is 0 Å². The van der Waals surface area contributed by atoms with E-state index in [2.05, 4.69) is 19.2 Å². The molecule has 1 unspecified atom stereocenters. The lowest BCUT2D eigenvalue weighted by Crippen LogP contribution is -2.26. The van der Waals surface area contributed by atoms with Crippen molar-refractivity contribution in [3.05, 3.63) is 0 Å². The second-order valence-electron chi connectivity index (χ2n) is 4.55. The topological polar surface area (TPSA) is 38.0 Å². The largest absolute Gasteiger partial charge is 0.330 e. The maximum Gasteiger partial charge on any atom is 0.00387 e. The number of hydrogen-bond donors (Lipinski definition) is 2. The monoisotopic (exact) mass is 214 g/mol. The number of nitrogens with one attached hydrogen (secondary N) is 1. The molecule has 3 N–H and O–H groups in total. The lowest BCUT2D eigenvalue weighted by atomic mass is 10.1. The summed E-state index contributed by atoms with van der Waals surface area (Å²) < 4.78 is 0. The van der Waals surface area contributed by atoms with Crippen LogP contribution < -0.4 is 11.1 Å². The zero-order chi connectivity index (χ0) is 11.4. The molecule has 0 aromatic carbocycles. The minimum Gasteiger partial charge on any atom is -0.330 e. The Kier molecular flexibility index (Phi) is 11.9. The summed E-state index contributed by atoms with van der Waals surface area (Å²) in [6, 6.07) is 0.703. The Morgan fingerprint density at radius 3 is 2.33 bits per heavy atom.